The second kappa shape index (κ2) is 7.82. The monoisotopic (exact) mass is 369 g/mol. The van der Waals surface area contributed by atoms with Crippen LogP contribution in [-0.2, 0) is 0 Å². The summed E-state index contributed by atoms with van der Waals surface area (Å²) < 4.78 is 13.1. The van der Waals surface area contributed by atoms with E-state index in [0.29, 0.717) is 26.2 Å². The minimum atomic E-state index is -0.225. The van der Waals surface area contributed by atoms with E-state index in [4.69, 9.17) is 0 Å². The Hall–Kier alpha value is -2.83. The number of pyridine rings is 1. The van der Waals surface area contributed by atoms with Crippen molar-refractivity contribution in [2.75, 3.05) is 62.2 Å². The van der Waals surface area contributed by atoms with Gasteiger partial charge in [-0.25, -0.2) is 14.2 Å². The van der Waals surface area contributed by atoms with E-state index in [9.17, 15) is 9.18 Å². The van der Waals surface area contributed by atoms with Gasteiger partial charge in [-0.15, -0.1) is 0 Å². The highest BCUT2D eigenvalue weighted by Crippen LogP contribution is 2.18. The third kappa shape index (κ3) is 3.97. The number of nitrogens with zero attached hydrogens (tertiary/aromatic N) is 5. The largest absolute Gasteiger partial charge is 0.368 e. The number of amides is 2. The van der Waals surface area contributed by atoms with Crippen LogP contribution in [0.3, 0.4) is 0 Å². The average Bonchev–Trinajstić information content (AvgIpc) is 2.75. The molecule has 2 fully saturated rings. The molecule has 2 aliphatic rings. The summed E-state index contributed by atoms with van der Waals surface area (Å²) in [6, 6.07) is 12.6. The van der Waals surface area contributed by atoms with E-state index in [0.717, 1.165) is 37.7 Å². The molecule has 0 aliphatic carbocycles. The molecular formula is C20H24FN5O. The number of carbonyl (C=O) groups is 1. The number of urea groups is 1. The number of hydrogen-bond acceptors (Lipinski definition) is 4. The predicted octanol–water partition coefficient (Wildman–Crippen LogP) is 2.28. The first-order valence-electron chi connectivity index (χ1n) is 9.41. The van der Waals surface area contributed by atoms with Gasteiger partial charge >= 0.3 is 6.03 Å². The van der Waals surface area contributed by atoms with Gasteiger partial charge in [-0.05, 0) is 36.4 Å². The fraction of sp³-hybridized carbons (Fsp3) is 0.400. The fourth-order valence-corrected chi connectivity index (χ4v) is 3.68. The van der Waals surface area contributed by atoms with Crippen LogP contribution in [0.2, 0.25) is 0 Å². The van der Waals surface area contributed by atoms with Gasteiger partial charge < -0.3 is 19.6 Å². The molecular weight excluding hydrogens is 345 g/mol. The van der Waals surface area contributed by atoms with Gasteiger partial charge in [-0.2, -0.15) is 0 Å². The van der Waals surface area contributed by atoms with Gasteiger partial charge in [0, 0.05) is 64.2 Å². The first kappa shape index (κ1) is 17.6. The van der Waals surface area contributed by atoms with Gasteiger partial charge in [0.1, 0.15) is 11.6 Å². The first-order valence-corrected chi connectivity index (χ1v) is 9.41. The lowest BCUT2D eigenvalue weighted by Gasteiger charge is -2.41. The lowest BCUT2D eigenvalue weighted by molar-refractivity contribution is 0.147. The second-order valence-corrected chi connectivity index (χ2v) is 6.90. The van der Waals surface area contributed by atoms with Crippen molar-refractivity contribution in [3.63, 3.8) is 0 Å². The highest BCUT2D eigenvalue weighted by atomic mass is 19.1. The molecule has 0 atom stereocenters. The van der Waals surface area contributed by atoms with E-state index in [1.807, 2.05) is 28.0 Å². The number of halogens is 1. The molecule has 27 heavy (non-hydrogen) atoms. The highest BCUT2D eigenvalue weighted by molar-refractivity contribution is 5.75. The van der Waals surface area contributed by atoms with Gasteiger partial charge in [-0.1, -0.05) is 6.07 Å². The Morgan fingerprint density at radius 3 is 1.93 bits per heavy atom. The van der Waals surface area contributed by atoms with Gasteiger partial charge in [0.15, 0.2) is 0 Å². The predicted molar refractivity (Wildman–Crippen MR) is 104 cm³/mol. The van der Waals surface area contributed by atoms with E-state index in [1.165, 1.54) is 12.1 Å². The molecule has 1 aromatic heterocycles. The maximum absolute atomic E-state index is 13.1. The van der Waals surface area contributed by atoms with Crippen molar-refractivity contribution >= 4 is 17.5 Å². The number of piperazine rings is 2. The maximum atomic E-state index is 13.1. The Bertz CT molecular complexity index is 754. The van der Waals surface area contributed by atoms with Crippen LogP contribution in [-0.4, -0.2) is 73.2 Å². The topological polar surface area (TPSA) is 42.9 Å². The molecule has 7 heteroatoms. The van der Waals surface area contributed by atoms with E-state index in [1.54, 1.807) is 18.3 Å². The molecule has 6 nitrogen and oxygen atoms in total. The number of rotatable bonds is 2. The fourth-order valence-electron chi connectivity index (χ4n) is 3.68. The van der Waals surface area contributed by atoms with E-state index in [-0.39, 0.29) is 11.8 Å². The van der Waals surface area contributed by atoms with Crippen molar-refractivity contribution < 1.29 is 9.18 Å². The molecule has 2 aliphatic heterocycles. The number of benzene rings is 1. The molecule has 0 bridgehead atoms. The molecule has 1 aromatic carbocycles. The molecule has 0 saturated carbocycles. The summed E-state index contributed by atoms with van der Waals surface area (Å²) in [6.45, 7) is 5.96. The molecule has 0 spiro atoms. The average molecular weight is 369 g/mol. The van der Waals surface area contributed by atoms with Crippen LogP contribution in [0.4, 0.5) is 20.7 Å². The Morgan fingerprint density at radius 1 is 0.778 bits per heavy atom. The number of anilines is 2. The summed E-state index contributed by atoms with van der Waals surface area (Å²) >= 11 is 0. The van der Waals surface area contributed by atoms with Crippen molar-refractivity contribution in [2.24, 2.45) is 0 Å². The number of carbonyl (C=O) groups excluding carboxylic acids is 1. The molecule has 0 radical (unpaired) electrons. The summed E-state index contributed by atoms with van der Waals surface area (Å²) in [5.41, 5.74) is 1.01. The minimum absolute atomic E-state index is 0.120. The van der Waals surface area contributed by atoms with Crippen molar-refractivity contribution in [3.8, 4) is 0 Å². The molecule has 0 unspecified atom stereocenters. The third-order valence-electron chi connectivity index (χ3n) is 5.27. The standard InChI is InChI=1S/C20H24FN5O/c21-17-4-6-18(7-5-17)23-9-13-25(14-10-23)20(27)26-15-11-24(12-16-26)19-3-1-2-8-22-19/h1-8H,9-16H2. The molecule has 2 saturated heterocycles. The SMILES string of the molecule is O=C(N1CCN(c2ccc(F)cc2)CC1)N1CCN(c2ccccn2)CC1. The summed E-state index contributed by atoms with van der Waals surface area (Å²) in [4.78, 5) is 25.5. The number of aromatic nitrogens is 1. The molecule has 2 amide bonds. The summed E-state index contributed by atoms with van der Waals surface area (Å²) in [6.07, 6.45) is 1.80. The lowest BCUT2D eigenvalue weighted by atomic mass is 10.2. The molecule has 142 valence electrons. The summed E-state index contributed by atoms with van der Waals surface area (Å²) in [7, 11) is 0. The Labute approximate surface area is 158 Å². The van der Waals surface area contributed by atoms with Crippen LogP contribution in [0.1, 0.15) is 0 Å². The number of hydrogen-bond donors (Lipinski definition) is 0. The first-order chi connectivity index (χ1) is 13.2. The van der Waals surface area contributed by atoms with Crippen LogP contribution >= 0.6 is 0 Å². The van der Waals surface area contributed by atoms with Crippen molar-refractivity contribution in [2.45, 2.75) is 0 Å². The van der Waals surface area contributed by atoms with Crippen LogP contribution < -0.4 is 9.80 Å². The normalized spacial score (nSPS) is 18.0. The third-order valence-corrected chi connectivity index (χ3v) is 5.27. The Morgan fingerprint density at radius 2 is 1.37 bits per heavy atom. The molecule has 3 heterocycles. The van der Waals surface area contributed by atoms with Crippen LogP contribution in [0.5, 0.6) is 0 Å². The highest BCUT2D eigenvalue weighted by Gasteiger charge is 2.28. The van der Waals surface area contributed by atoms with Crippen LogP contribution in [0.15, 0.2) is 48.7 Å². The van der Waals surface area contributed by atoms with Crippen molar-refractivity contribution in [1.29, 1.82) is 0 Å². The zero-order valence-corrected chi connectivity index (χ0v) is 15.3. The zero-order valence-electron chi connectivity index (χ0n) is 15.3. The lowest BCUT2D eigenvalue weighted by Crippen LogP contribution is -2.57. The Kier molecular flexibility index (Phi) is 5.09. The van der Waals surface area contributed by atoms with Crippen LogP contribution in [0.25, 0.3) is 0 Å². The summed E-state index contributed by atoms with van der Waals surface area (Å²) in [5.74, 6) is 0.745. The van der Waals surface area contributed by atoms with Gasteiger partial charge in [0.2, 0.25) is 0 Å². The van der Waals surface area contributed by atoms with Gasteiger partial charge in [-0.3, -0.25) is 0 Å². The zero-order chi connectivity index (χ0) is 18.6. The van der Waals surface area contributed by atoms with Crippen molar-refractivity contribution in [1.82, 2.24) is 14.8 Å². The van der Waals surface area contributed by atoms with Gasteiger partial charge in [0.05, 0.1) is 0 Å². The quantitative estimate of drug-likeness (QED) is 0.815. The second-order valence-electron chi connectivity index (χ2n) is 6.90. The molecule has 4 rings (SSSR count). The Balaban J connectivity index is 1.28. The maximum Gasteiger partial charge on any atom is 0.320 e. The van der Waals surface area contributed by atoms with Gasteiger partial charge in [0.25, 0.3) is 0 Å². The smallest absolute Gasteiger partial charge is 0.320 e. The molecule has 2 aromatic rings. The van der Waals surface area contributed by atoms with Crippen LogP contribution in [0, 0.1) is 5.82 Å². The van der Waals surface area contributed by atoms with Crippen molar-refractivity contribution in [3.05, 3.63) is 54.5 Å². The molecule has 0 N–H and O–H groups in total. The summed E-state index contributed by atoms with van der Waals surface area (Å²) in [5, 5.41) is 0. The van der Waals surface area contributed by atoms with E-state index >= 15 is 0 Å². The van der Waals surface area contributed by atoms with E-state index < -0.39 is 0 Å². The minimum Gasteiger partial charge on any atom is -0.368 e. The van der Waals surface area contributed by atoms with E-state index in [2.05, 4.69) is 14.8 Å².